The van der Waals surface area contributed by atoms with Crippen LogP contribution in [0, 0.1) is 0 Å². The van der Waals surface area contributed by atoms with Gasteiger partial charge in [-0.25, -0.2) is 4.79 Å². The van der Waals surface area contributed by atoms with Gasteiger partial charge in [0.25, 0.3) is 0 Å². The van der Waals surface area contributed by atoms with Crippen LogP contribution in [0.1, 0.15) is 21.5 Å². The minimum absolute atomic E-state index is 0.282. The molecule has 2 aromatic carbocycles. The van der Waals surface area contributed by atoms with Crippen molar-refractivity contribution < 1.29 is 9.90 Å². The normalized spacial score (nSPS) is 12.1. The van der Waals surface area contributed by atoms with E-state index in [1.807, 2.05) is 42.6 Å². The predicted octanol–water partition coefficient (Wildman–Crippen LogP) is 3.09. The Hall–Kier alpha value is -3.48. The number of carbonyl (C=O) groups is 1. The van der Waals surface area contributed by atoms with E-state index in [4.69, 9.17) is 10.9 Å². The molecule has 0 radical (unpaired) electrons. The largest absolute Gasteiger partial charge is 0.478 e. The zero-order valence-electron chi connectivity index (χ0n) is 13.6. The van der Waals surface area contributed by atoms with Gasteiger partial charge in [-0.2, -0.15) is 10.2 Å². The van der Waals surface area contributed by atoms with E-state index in [0.717, 1.165) is 22.0 Å². The predicted molar refractivity (Wildman–Crippen MR) is 95.9 cm³/mol. The summed E-state index contributed by atoms with van der Waals surface area (Å²) in [5, 5.41) is 21.3. The van der Waals surface area contributed by atoms with Crippen LogP contribution in [0.5, 0.6) is 0 Å². The van der Waals surface area contributed by atoms with Gasteiger partial charge in [-0.3, -0.25) is 0 Å². The third-order valence-corrected chi connectivity index (χ3v) is 3.90. The van der Waals surface area contributed by atoms with E-state index in [2.05, 4.69) is 19.9 Å². The van der Waals surface area contributed by atoms with Crippen molar-refractivity contribution in [3.05, 3.63) is 71.4 Å². The van der Waals surface area contributed by atoms with Gasteiger partial charge in [0.15, 0.2) is 5.84 Å². The molecule has 3 rings (SSSR count). The number of carboxylic acid groups (broad SMARTS) is 1. The Morgan fingerprint density at radius 2 is 1.84 bits per heavy atom. The van der Waals surface area contributed by atoms with E-state index in [0.29, 0.717) is 12.4 Å². The van der Waals surface area contributed by atoms with Crippen molar-refractivity contribution in [2.24, 2.45) is 21.2 Å². The van der Waals surface area contributed by atoms with E-state index < -0.39 is 5.97 Å². The van der Waals surface area contributed by atoms with Crippen molar-refractivity contribution in [2.45, 2.75) is 6.54 Å². The van der Waals surface area contributed by atoms with Gasteiger partial charge in [-0.1, -0.05) is 12.1 Å². The standard InChI is InChI=1S/C18H17N5O2/c1-20-22-17(21-19)15-6-7-16-14(10-15)8-9-23(16)11-12-2-4-13(5-3-12)18(24)25/h2-10H,11,19H2,1H3,(H,24,25)/b21-17-,22-20-. The lowest BCUT2D eigenvalue weighted by atomic mass is 10.1. The number of amidine groups is 1. The zero-order chi connectivity index (χ0) is 17.8. The molecule has 0 bridgehead atoms. The molecule has 0 saturated carbocycles. The second-order valence-corrected chi connectivity index (χ2v) is 5.47. The SMILES string of the molecule is C/N=N\C(=N/N)c1ccc2c(ccn2Cc2ccc(C(=O)O)cc2)c1. The van der Waals surface area contributed by atoms with Crippen molar-refractivity contribution in [2.75, 3.05) is 7.05 Å². The summed E-state index contributed by atoms with van der Waals surface area (Å²) in [4.78, 5) is 10.9. The molecule has 0 aliphatic rings. The summed E-state index contributed by atoms with van der Waals surface area (Å²) in [6.45, 7) is 0.648. The monoisotopic (exact) mass is 335 g/mol. The summed E-state index contributed by atoms with van der Waals surface area (Å²) in [6, 6.07) is 14.7. The number of carboxylic acids is 1. The first-order valence-electron chi connectivity index (χ1n) is 7.61. The fourth-order valence-electron chi connectivity index (χ4n) is 2.68. The van der Waals surface area contributed by atoms with Crippen molar-refractivity contribution in [1.29, 1.82) is 0 Å². The Labute approximate surface area is 144 Å². The maximum atomic E-state index is 10.9. The summed E-state index contributed by atoms with van der Waals surface area (Å²) in [7, 11) is 1.57. The van der Waals surface area contributed by atoms with Crippen LogP contribution >= 0.6 is 0 Å². The number of nitrogens with two attached hydrogens (primary N) is 1. The number of nitrogens with zero attached hydrogens (tertiary/aromatic N) is 4. The van der Waals surface area contributed by atoms with Crippen molar-refractivity contribution in [3.8, 4) is 0 Å². The highest BCUT2D eigenvalue weighted by Crippen LogP contribution is 2.20. The Balaban J connectivity index is 1.89. The average molecular weight is 335 g/mol. The van der Waals surface area contributed by atoms with Gasteiger partial charge in [0.2, 0.25) is 0 Å². The molecule has 25 heavy (non-hydrogen) atoms. The van der Waals surface area contributed by atoms with Gasteiger partial charge in [0, 0.05) is 36.3 Å². The number of hydrazone groups is 1. The van der Waals surface area contributed by atoms with Gasteiger partial charge >= 0.3 is 5.97 Å². The summed E-state index contributed by atoms with van der Waals surface area (Å²) in [5.74, 6) is 4.82. The average Bonchev–Trinajstić information content (AvgIpc) is 3.02. The minimum Gasteiger partial charge on any atom is -0.478 e. The number of rotatable bonds is 4. The molecule has 0 aliphatic heterocycles. The van der Waals surface area contributed by atoms with E-state index in [9.17, 15) is 4.79 Å². The Bertz CT molecular complexity index is 971. The number of fused-ring (bicyclic) bond motifs is 1. The Morgan fingerprint density at radius 1 is 1.12 bits per heavy atom. The minimum atomic E-state index is -0.924. The molecule has 0 unspecified atom stereocenters. The first-order chi connectivity index (χ1) is 12.1. The molecular formula is C18H17N5O2. The van der Waals surface area contributed by atoms with Crippen molar-refractivity contribution >= 4 is 22.7 Å². The van der Waals surface area contributed by atoms with Crippen LogP contribution in [-0.4, -0.2) is 28.5 Å². The van der Waals surface area contributed by atoms with Crippen LogP contribution in [0.3, 0.4) is 0 Å². The smallest absolute Gasteiger partial charge is 0.335 e. The highest BCUT2D eigenvalue weighted by atomic mass is 16.4. The second-order valence-electron chi connectivity index (χ2n) is 5.47. The lowest BCUT2D eigenvalue weighted by Crippen LogP contribution is -2.02. The fraction of sp³-hybridized carbons (Fsp3) is 0.111. The number of azo groups is 1. The molecule has 126 valence electrons. The fourth-order valence-corrected chi connectivity index (χ4v) is 2.68. The molecule has 0 spiro atoms. The molecule has 1 aromatic heterocycles. The number of benzene rings is 2. The van der Waals surface area contributed by atoms with Crippen molar-refractivity contribution in [1.82, 2.24) is 4.57 Å². The molecule has 3 aromatic rings. The third-order valence-electron chi connectivity index (χ3n) is 3.90. The number of hydrogen-bond donors (Lipinski definition) is 2. The summed E-state index contributed by atoms with van der Waals surface area (Å²) < 4.78 is 2.09. The van der Waals surface area contributed by atoms with Gasteiger partial charge in [0.05, 0.1) is 5.56 Å². The molecule has 0 saturated heterocycles. The topological polar surface area (TPSA) is 105 Å². The van der Waals surface area contributed by atoms with Crippen LogP contribution in [0.4, 0.5) is 0 Å². The maximum absolute atomic E-state index is 10.9. The van der Waals surface area contributed by atoms with Crippen LogP contribution in [-0.2, 0) is 6.54 Å². The van der Waals surface area contributed by atoms with Crippen LogP contribution in [0.15, 0.2) is 70.1 Å². The van der Waals surface area contributed by atoms with E-state index in [1.165, 1.54) is 0 Å². The first kappa shape index (κ1) is 16.4. The first-order valence-corrected chi connectivity index (χ1v) is 7.61. The van der Waals surface area contributed by atoms with E-state index in [1.54, 1.807) is 19.2 Å². The van der Waals surface area contributed by atoms with Crippen molar-refractivity contribution in [3.63, 3.8) is 0 Å². The highest BCUT2D eigenvalue weighted by molar-refractivity contribution is 6.01. The molecule has 7 heteroatoms. The molecule has 0 atom stereocenters. The van der Waals surface area contributed by atoms with Gasteiger partial charge in [-0.05, 0) is 42.0 Å². The number of aromatic nitrogens is 1. The molecule has 3 N–H and O–H groups in total. The highest BCUT2D eigenvalue weighted by Gasteiger charge is 2.08. The van der Waals surface area contributed by atoms with Crippen LogP contribution in [0.25, 0.3) is 10.9 Å². The molecule has 0 aliphatic carbocycles. The molecule has 0 fully saturated rings. The molecule has 7 nitrogen and oxygen atoms in total. The Morgan fingerprint density at radius 3 is 2.48 bits per heavy atom. The van der Waals surface area contributed by atoms with E-state index >= 15 is 0 Å². The molecule has 1 heterocycles. The molecule has 0 amide bonds. The number of hydrogen-bond acceptors (Lipinski definition) is 4. The van der Waals surface area contributed by atoms with Gasteiger partial charge in [0.1, 0.15) is 0 Å². The maximum Gasteiger partial charge on any atom is 0.335 e. The summed E-state index contributed by atoms with van der Waals surface area (Å²) >= 11 is 0. The lowest BCUT2D eigenvalue weighted by molar-refractivity contribution is 0.0697. The quantitative estimate of drug-likeness (QED) is 0.251. The lowest BCUT2D eigenvalue weighted by Gasteiger charge is -2.07. The van der Waals surface area contributed by atoms with E-state index in [-0.39, 0.29) is 5.56 Å². The third kappa shape index (κ3) is 3.40. The van der Waals surface area contributed by atoms with Gasteiger partial charge in [-0.15, -0.1) is 5.11 Å². The summed E-state index contributed by atoms with van der Waals surface area (Å²) in [5.41, 5.74) is 3.15. The van der Waals surface area contributed by atoms with Gasteiger partial charge < -0.3 is 15.5 Å². The zero-order valence-corrected chi connectivity index (χ0v) is 13.6. The number of aromatic carboxylic acids is 1. The van der Waals surface area contributed by atoms with Crippen LogP contribution in [0.2, 0.25) is 0 Å². The molecular weight excluding hydrogens is 318 g/mol. The summed E-state index contributed by atoms with van der Waals surface area (Å²) in [6.07, 6.45) is 1.99. The Kier molecular flexibility index (Phi) is 4.56. The second kappa shape index (κ2) is 6.96. The van der Waals surface area contributed by atoms with Crippen LogP contribution < -0.4 is 5.84 Å².